The number of carbonyl (C=O) groups excluding carboxylic acids is 1. The smallest absolute Gasteiger partial charge is 0.305 e. The lowest BCUT2D eigenvalue weighted by Gasteiger charge is -2.32. The van der Waals surface area contributed by atoms with Crippen molar-refractivity contribution in [2.45, 2.75) is 71.3 Å². The number of rotatable bonds is 16. The average Bonchev–Trinajstić information content (AvgIpc) is 3.67. The second-order valence-electron chi connectivity index (χ2n) is 18.3. The second kappa shape index (κ2) is 18.3. The molecule has 0 saturated carbocycles. The molecular weight excluding hydrogens is 825 g/mol. The van der Waals surface area contributed by atoms with E-state index < -0.39 is 22.8 Å². The molecule has 0 radical (unpaired) electrons. The Morgan fingerprint density at radius 2 is 1.24 bits per heavy atom. The van der Waals surface area contributed by atoms with E-state index in [1.165, 1.54) is 11.3 Å². The van der Waals surface area contributed by atoms with E-state index in [1.54, 1.807) is 11.9 Å². The summed E-state index contributed by atoms with van der Waals surface area (Å²) in [7, 11) is 1.78. The van der Waals surface area contributed by atoms with E-state index in [0.29, 0.717) is 18.7 Å². The fourth-order valence-corrected chi connectivity index (χ4v) is 10.1. The van der Waals surface area contributed by atoms with Gasteiger partial charge in [0.1, 0.15) is 0 Å². The molecule has 0 bridgehead atoms. The summed E-state index contributed by atoms with van der Waals surface area (Å²) in [4.78, 5) is 46.3. The van der Waals surface area contributed by atoms with Crippen molar-refractivity contribution in [2.75, 3.05) is 63.7 Å². The zero-order chi connectivity index (χ0) is 46.9. The first kappa shape index (κ1) is 45.3. The predicted molar refractivity (Wildman–Crippen MR) is 271 cm³/mol. The van der Waals surface area contributed by atoms with Gasteiger partial charge in [0.2, 0.25) is 0 Å². The number of hydrogen-bond donors (Lipinski definition) is 4. The topological polar surface area (TPSA) is 129 Å². The van der Waals surface area contributed by atoms with Crippen LogP contribution in [0.1, 0.15) is 75.9 Å². The molecule has 6 aromatic carbocycles. The largest absolute Gasteiger partial charge is 0.481 e. The number of carboxylic acid groups (broad SMARTS) is 2. The van der Waals surface area contributed by atoms with Crippen LogP contribution in [0, 0.1) is 0 Å². The molecular formula is C55H60N6O5. The first-order chi connectivity index (χ1) is 31.6. The average molecular weight is 885 g/mol. The van der Waals surface area contributed by atoms with Gasteiger partial charge >= 0.3 is 11.9 Å². The molecule has 2 aliphatic rings. The van der Waals surface area contributed by atoms with Crippen LogP contribution < -0.4 is 30.5 Å². The number of allylic oxidation sites excluding steroid dienone is 3. The molecule has 4 N–H and O–H groups in total. The highest BCUT2D eigenvalue weighted by molar-refractivity contribution is 6.17. The number of carbonyl (C=O) groups is 3. The van der Waals surface area contributed by atoms with Gasteiger partial charge in [-0.15, -0.1) is 0 Å². The van der Waals surface area contributed by atoms with Crippen molar-refractivity contribution in [2.24, 2.45) is 0 Å². The molecule has 0 saturated heterocycles. The Kier molecular flexibility index (Phi) is 12.6. The van der Waals surface area contributed by atoms with E-state index in [9.17, 15) is 24.6 Å². The number of hydrogen-bond acceptors (Lipinski definition) is 8. The number of benzene rings is 6. The van der Waals surface area contributed by atoms with Crippen molar-refractivity contribution in [1.29, 1.82) is 0 Å². The Bertz CT molecular complexity index is 2860. The van der Waals surface area contributed by atoms with Crippen molar-refractivity contribution < 1.29 is 24.6 Å². The van der Waals surface area contributed by atoms with Crippen LogP contribution in [0.5, 0.6) is 0 Å². The summed E-state index contributed by atoms with van der Waals surface area (Å²) in [5.74, 6) is -1.90. The summed E-state index contributed by atoms with van der Waals surface area (Å²) in [6, 6.07) is 38.2. The minimum atomic E-state index is -0.881. The van der Waals surface area contributed by atoms with Crippen molar-refractivity contribution in [3.63, 3.8) is 0 Å². The minimum Gasteiger partial charge on any atom is -0.481 e. The zero-order valence-electron chi connectivity index (χ0n) is 38.9. The lowest BCUT2D eigenvalue weighted by molar-refractivity contribution is -0.137. The van der Waals surface area contributed by atoms with Crippen LogP contribution in [0.2, 0.25) is 0 Å². The molecule has 2 aliphatic heterocycles. The number of hydrazine groups is 1. The summed E-state index contributed by atoms with van der Waals surface area (Å²) >= 11 is 0. The minimum absolute atomic E-state index is 0.0297. The van der Waals surface area contributed by atoms with E-state index in [1.807, 2.05) is 60.7 Å². The molecule has 1 amide bonds. The normalized spacial score (nSPS) is 16.5. The number of nitrogens with zero attached hydrogens (tertiary/aromatic N) is 4. The highest BCUT2D eigenvalue weighted by Gasteiger charge is 2.45. The molecule has 8 rings (SSSR count). The molecule has 2 heterocycles. The van der Waals surface area contributed by atoms with E-state index >= 15 is 0 Å². The van der Waals surface area contributed by atoms with Crippen molar-refractivity contribution >= 4 is 73.5 Å². The zero-order valence-corrected chi connectivity index (χ0v) is 38.9. The Labute approximate surface area is 387 Å². The Hall–Kier alpha value is -7.27. The number of aliphatic carboxylic acids is 2. The maximum atomic E-state index is 14.0. The van der Waals surface area contributed by atoms with Gasteiger partial charge in [-0.1, -0.05) is 88.4 Å². The van der Waals surface area contributed by atoms with Gasteiger partial charge in [-0.3, -0.25) is 14.4 Å². The van der Waals surface area contributed by atoms with Gasteiger partial charge in [-0.2, -0.15) is 0 Å². The van der Waals surface area contributed by atoms with E-state index in [-0.39, 0.29) is 24.8 Å². The number of fused-ring (bicyclic) bond motifs is 7. The Morgan fingerprint density at radius 3 is 1.85 bits per heavy atom. The SMILES string of the molecule is CCN(CC)c1ccc(NNc2ccc(C(=O)N(C)c3ccc4c(c3)C(C)(C)C(/C=C/C=C3/N(CCC(=O)O)c5c(c6ccccc6c6ccccc56)C3(C)C)N4CCC(=O)O)cc2)cc1. The van der Waals surface area contributed by atoms with Gasteiger partial charge in [0.15, 0.2) is 0 Å². The van der Waals surface area contributed by atoms with E-state index in [2.05, 4.69) is 140 Å². The lowest BCUT2D eigenvalue weighted by atomic mass is 9.79. The van der Waals surface area contributed by atoms with Crippen LogP contribution in [-0.2, 0) is 20.4 Å². The standard InChI is InChI=1S/C55H60N6O5/c1-8-59(9-2)39-27-25-38(26-28-39)57-56-37-23-21-36(22-24-37)53(66)58(7)40-29-30-46-45(35-40)54(3,4)47(60(46)33-31-49(62)63)19-14-20-48-55(5,6)51-43-17-12-10-15-41(43)42-16-11-13-18-44(42)52(51)61(48)34-32-50(64)65/h10-30,35,47,56-57H,8-9,31-34H2,1-7H3,(H,62,63)(H,64,65)/b19-14+,48-20+. The van der Waals surface area contributed by atoms with Crippen molar-refractivity contribution in [3.8, 4) is 0 Å². The Balaban J connectivity index is 1.05. The van der Waals surface area contributed by atoms with Crippen LogP contribution in [0.3, 0.4) is 0 Å². The Morgan fingerprint density at radius 1 is 0.697 bits per heavy atom. The molecule has 0 spiro atoms. The number of nitrogens with one attached hydrogen (secondary N) is 2. The highest BCUT2D eigenvalue weighted by atomic mass is 16.4. The van der Waals surface area contributed by atoms with Gasteiger partial charge < -0.3 is 40.7 Å². The van der Waals surface area contributed by atoms with Gasteiger partial charge in [0.25, 0.3) is 5.91 Å². The van der Waals surface area contributed by atoms with Crippen molar-refractivity contribution in [1.82, 2.24) is 0 Å². The summed E-state index contributed by atoms with van der Waals surface area (Å²) in [5, 5.41) is 24.3. The summed E-state index contributed by atoms with van der Waals surface area (Å²) in [6.07, 6.45) is 6.23. The van der Waals surface area contributed by atoms with Crippen molar-refractivity contribution in [3.05, 3.63) is 156 Å². The predicted octanol–water partition coefficient (Wildman–Crippen LogP) is 11.2. The third-order valence-electron chi connectivity index (χ3n) is 13.6. The van der Waals surface area contributed by atoms with Gasteiger partial charge in [-0.05, 0) is 114 Å². The molecule has 1 atom stereocenters. The third-order valence-corrected chi connectivity index (χ3v) is 13.6. The molecule has 66 heavy (non-hydrogen) atoms. The maximum Gasteiger partial charge on any atom is 0.305 e. The summed E-state index contributed by atoms with van der Waals surface area (Å²) < 4.78 is 0. The van der Waals surface area contributed by atoms with Gasteiger partial charge in [0.05, 0.1) is 35.9 Å². The first-order valence-electron chi connectivity index (χ1n) is 22.9. The maximum absolute atomic E-state index is 14.0. The molecule has 0 fully saturated rings. The highest BCUT2D eigenvalue weighted by Crippen LogP contribution is 2.54. The fraction of sp³-hybridized carbons (Fsp3) is 0.291. The van der Waals surface area contributed by atoms with Gasteiger partial charge in [-0.25, -0.2) is 0 Å². The number of carboxylic acids is 2. The first-order valence-corrected chi connectivity index (χ1v) is 22.9. The van der Waals surface area contributed by atoms with Gasteiger partial charge in [0, 0.05) is 77.8 Å². The van der Waals surface area contributed by atoms with Crippen LogP contribution in [0.4, 0.5) is 34.1 Å². The molecule has 340 valence electrons. The third kappa shape index (κ3) is 8.41. The monoisotopic (exact) mass is 884 g/mol. The van der Waals surface area contributed by atoms with Crippen LogP contribution in [0.15, 0.2) is 139 Å². The van der Waals surface area contributed by atoms with E-state index in [4.69, 9.17) is 0 Å². The van der Waals surface area contributed by atoms with Crippen LogP contribution in [0.25, 0.3) is 21.5 Å². The molecule has 0 aromatic heterocycles. The molecule has 11 nitrogen and oxygen atoms in total. The van der Waals surface area contributed by atoms with Crippen LogP contribution in [-0.4, -0.2) is 67.3 Å². The molecule has 11 heteroatoms. The fourth-order valence-electron chi connectivity index (χ4n) is 10.1. The number of anilines is 6. The quantitative estimate of drug-likeness (QED) is 0.0551. The van der Waals surface area contributed by atoms with E-state index in [0.717, 1.165) is 74.3 Å². The van der Waals surface area contributed by atoms with Crippen LogP contribution >= 0.6 is 0 Å². The lowest BCUT2D eigenvalue weighted by Crippen LogP contribution is -2.41. The molecule has 0 aliphatic carbocycles. The molecule has 1 unspecified atom stereocenters. The summed E-state index contributed by atoms with van der Waals surface area (Å²) in [6.45, 7) is 15.5. The number of amides is 1. The molecule has 6 aromatic rings. The second-order valence-corrected chi connectivity index (χ2v) is 18.3. The summed E-state index contributed by atoms with van der Waals surface area (Å²) in [5.41, 5.74) is 14.8.